The van der Waals surface area contributed by atoms with Crippen molar-refractivity contribution in [1.29, 1.82) is 0 Å². The fourth-order valence-corrected chi connectivity index (χ4v) is 4.40. The topological polar surface area (TPSA) is 91.6 Å². The van der Waals surface area contributed by atoms with Gasteiger partial charge in [-0.25, -0.2) is 9.78 Å². The molecule has 0 saturated carbocycles. The molecule has 2 aliphatic rings. The molecule has 1 N–H and O–H groups in total. The highest BCUT2D eigenvalue weighted by molar-refractivity contribution is 7.09. The van der Waals surface area contributed by atoms with Gasteiger partial charge in [0.05, 0.1) is 28.0 Å². The molecule has 30 heavy (non-hydrogen) atoms. The zero-order valence-electron chi connectivity index (χ0n) is 16.5. The number of carboxylic acid groups (broad SMARTS) is 1. The van der Waals surface area contributed by atoms with Crippen LogP contribution >= 0.6 is 11.3 Å². The number of nitrogens with zero attached hydrogens (tertiary/aromatic N) is 5. The van der Waals surface area contributed by atoms with Crippen LogP contribution in [0.5, 0.6) is 0 Å². The Bertz CT molecular complexity index is 928. The van der Waals surface area contributed by atoms with E-state index >= 15 is 0 Å². The second-order valence-electron chi connectivity index (χ2n) is 7.48. The van der Waals surface area contributed by atoms with Gasteiger partial charge in [-0.1, -0.05) is 0 Å². The Morgan fingerprint density at radius 1 is 1.33 bits per heavy atom. The summed E-state index contributed by atoms with van der Waals surface area (Å²) in [5.74, 6) is -2.49. The molecule has 2 aliphatic heterocycles. The zero-order chi connectivity index (χ0) is 22.1. The number of carbonyl (C=O) groups is 2. The summed E-state index contributed by atoms with van der Waals surface area (Å²) in [5.41, 5.74) is 1.84. The van der Waals surface area contributed by atoms with Gasteiger partial charge in [-0.15, -0.1) is 11.3 Å². The second kappa shape index (κ2) is 8.34. The molecule has 2 aromatic rings. The molecule has 12 heteroatoms. The highest BCUT2D eigenvalue weighted by atomic mass is 32.1. The highest BCUT2D eigenvalue weighted by Gasteiger charge is 2.51. The largest absolute Gasteiger partial charge is 0.490 e. The van der Waals surface area contributed by atoms with Crippen LogP contribution < -0.4 is 4.90 Å². The molecule has 0 aliphatic carbocycles. The third kappa shape index (κ3) is 4.81. The summed E-state index contributed by atoms with van der Waals surface area (Å²) in [7, 11) is 1.88. The Hall–Kier alpha value is -2.47. The lowest BCUT2D eigenvalue weighted by Gasteiger charge is -2.22. The van der Waals surface area contributed by atoms with Gasteiger partial charge in [0, 0.05) is 38.3 Å². The van der Waals surface area contributed by atoms with E-state index in [2.05, 4.69) is 20.4 Å². The molecule has 0 radical (unpaired) electrons. The minimum atomic E-state index is -5.08. The van der Waals surface area contributed by atoms with Crippen LogP contribution in [-0.4, -0.2) is 62.5 Å². The van der Waals surface area contributed by atoms with Gasteiger partial charge < -0.3 is 10.0 Å². The number of hydrogen-bond donors (Lipinski definition) is 1. The Balaban J connectivity index is 0.000000318. The van der Waals surface area contributed by atoms with Crippen molar-refractivity contribution in [1.82, 2.24) is 19.7 Å². The third-order valence-electron chi connectivity index (χ3n) is 5.24. The first kappa shape index (κ1) is 22.2. The van der Waals surface area contributed by atoms with Crippen LogP contribution in [0.4, 0.5) is 18.9 Å². The molecular weight excluding hydrogens is 423 g/mol. The van der Waals surface area contributed by atoms with E-state index in [1.54, 1.807) is 22.2 Å². The first-order valence-electron chi connectivity index (χ1n) is 9.24. The van der Waals surface area contributed by atoms with Crippen molar-refractivity contribution in [3.05, 3.63) is 28.5 Å². The van der Waals surface area contributed by atoms with Crippen LogP contribution in [0.3, 0.4) is 0 Å². The molecule has 1 spiro atoms. The number of hydrogen-bond acceptors (Lipinski definition) is 6. The molecule has 4 heterocycles. The molecule has 0 bridgehead atoms. The number of amides is 1. The fraction of sp³-hybridized carbons (Fsp3) is 0.556. The van der Waals surface area contributed by atoms with Gasteiger partial charge >= 0.3 is 12.1 Å². The second-order valence-corrected chi connectivity index (χ2v) is 8.54. The number of alkyl halides is 3. The number of aliphatic carboxylic acids is 1. The molecule has 2 aromatic heterocycles. The SMILES string of the molecule is Cc1nc(CN2CCC3(CCN(c4cnn(C)c4)C3=O)C2)cs1.O=C(O)C(F)(F)F. The molecule has 4 rings (SSSR count). The van der Waals surface area contributed by atoms with E-state index in [1.807, 2.05) is 25.1 Å². The molecule has 1 amide bonds. The lowest BCUT2D eigenvalue weighted by atomic mass is 9.85. The number of carbonyl (C=O) groups excluding carboxylic acids is 1. The standard InChI is InChI=1S/C16H21N5OS.C2HF3O2/c1-12-18-13(10-23-12)8-20-5-3-16(11-20)4-6-21(15(16)22)14-7-17-19(2)9-14;3-2(4,5)1(6)7/h7,9-10H,3-6,8,11H2,1-2H3;(H,6,7). The van der Waals surface area contributed by atoms with Crippen LogP contribution in [0, 0.1) is 12.3 Å². The van der Waals surface area contributed by atoms with Crippen molar-refractivity contribution in [2.45, 2.75) is 32.5 Å². The number of rotatable bonds is 3. The van der Waals surface area contributed by atoms with Gasteiger partial charge in [0.2, 0.25) is 5.91 Å². The predicted octanol–water partition coefficient (Wildman–Crippen LogP) is 2.45. The van der Waals surface area contributed by atoms with Crippen molar-refractivity contribution in [3.63, 3.8) is 0 Å². The van der Waals surface area contributed by atoms with E-state index in [0.717, 1.165) is 55.4 Å². The van der Waals surface area contributed by atoms with Gasteiger partial charge in [-0.2, -0.15) is 18.3 Å². The molecule has 8 nitrogen and oxygen atoms in total. The average molecular weight is 445 g/mol. The lowest BCUT2D eigenvalue weighted by molar-refractivity contribution is -0.192. The molecule has 2 saturated heterocycles. The average Bonchev–Trinajstić information content (AvgIpc) is 3.41. The Labute approximate surface area is 174 Å². The van der Waals surface area contributed by atoms with Gasteiger partial charge in [-0.05, 0) is 26.3 Å². The Morgan fingerprint density at radius 2 is 2.00 bits per heavy atom. The highest BCUT2D eigenvalue weighted by Crippen LogP contribution is 2.42. The number of thiazole rings is 1. The van der Waals surface area contributed by atoms with E-state index < -0.39 is 12.1 Å². The summed E-state index contributed by atoms with van der Waals surface area (Å²) in [6.45, 7) is 5.51. The number of likely N-dealkylation sites (tertiary alicyclic amines) is 1. The van der Waals surface area contributed by atoms with Crippen molar-refractivity contribution in [2.75, 3.05) is 24.5 Å². The summed E-state index contributed by atoms with van der Waals surface area (Å²) in [6.07, 6.45) is 0.502. The van der Waals surface area contributed by atoms with Crippen LogP contribution in [0.25, 0.3) is 0 Å². The third-order valence-corrected chi connectivity index (χ3v) is 6.07. The van der Waals surface area contributed by atoms with Crippen LogP contribution in [-0.2, 0) is 23.2 Å². The number of aryl methyl sites for hydroxylation is 2. The minimum Gasteiger partial charge on any atom is -0.475 e. The molecule has 1 atom stereocenters. The van der Waals surface area contributed by atoms with Crippen molar-refractivity contribution >= 4 is 28.9 Å². The van der Waals surface area contributed by atoms with E-state index in [9.17, 15) is 18.0 Å². The number of halogens is 3. The Morgan fingerprint density at radius 3 is 2.53 bits per heavy atom. The first-order chi connectivity index (χ1) is 14.0. The fourth-order valence-electron chi connectivity index (χ4n) is 3.80. The normalized spacial score (nSPS) is 21.9. The monoisotopic (exact) mass is 445 g/mol. The molecule has 164 valence electrons. The number of anilines is 1. The first-order valence-corrected chi connectivity index (χ1v) is 10.1. The van der Waals surface area contributed by atoms with Crippen molar-refractivity contribution in [3.8, 4) is 0 Å². The molecular formula is C18H22F3N5O3S. The number of aromatic nitrogens is 3. The maximum atomic E-state index is 13.0. The number of carboxylic acids is 1. The maximum absolute atomic E-state index is 13.0. The van der Waals surface area contributed by atoms with Gasteiger partial charge in [0.25, 0.3) is 0 Å². The van der Waals surface area contributed by atoms with E-state index in [0.29, 0.717) is 0 Å². The van der Waals surface area contributed by atoms with E-state index in [1.165, 1.54) is 0 Å². The van der Waals surface area contributed by atoms with Gasteiger partial charge in [0.1, 0.15) is 0 Å². The minimum absolute atomic E-state index is 0.207. The van der Waals surface area contributed by atoms with E-state index in [-0.39, 0.29) is 11.3 Å². The van der Waals surface area contributed by atoms with Crippen LogP contribution in [0.15, 0.2) is 17.8 Å². The van der Waals surface area contributed by atoms with Crippen LogP contribution in [0.1, 0.15) is 23.5 Å². The zero-order valence-corrected chi connectivity index (χ0v) is 17.3. The predicted molar refractivity (Wildman–Crippen MR) is 103 cm³/mol. The molecule has 0 aromatic carbocycles. The summed E-state index contributed by atoms with van der Waals surface area (Å²) < 4.78 is 33.5. The molecule has 1 unspecified atom stereocenters. The summed E-state index contributed by atoms with van der Waals surface area (Å²) in [6, 6.07) is 0. The Kier molecular flexibility index (Phi) is 6.18. The summed E-state index contributed by atoms with van der Waals surface area (Å²) >= 11 is 1.69. The van der Waals surface area contributed by atoms with Gasteiger partial charge in [-0.3, -0.25) is 14.4 Å². The van der Waals surface area contributed by atoms with Crippen molar-refractivity contribution in [2.24, 2.45) is 12.5 Å². The van der Waals surface area contributed by atoms with E-state index in [4.69, 9.17) is 9.90 Å². The quantitative estimate of drug-likeness (QED) is 0.781. The van der Waals surface area contributed by atoms with Gasteiger partial charge in [0.15, 0.2) is 0 Å². The van der Waals surface area contributed by atoms with Crippen molar-refractivity contribution < 1.29 is 27.9 Å². The smallest absolute Gasteiger partial charge is 0.475 e. The summed E-state index contributed by atoms with van der Waals surface area (Å²) in [5, 5.41) is 14.5. The summed E-state index contributed by atoms with van der Waals surface area (Å²) in [4.78, 5) is 30.7. The molecule has 2 fully saturated rings. The maximum Gasteiger partial charge on any atom is 0.490 e. The lowest BCUT2D eigenvalue weighted by Crippen LogP contribution is -2.36. The van der Waals surface area contributed by atoms with Crippen LogP contribution in [0.2, 0.25) is 0 Å².